The average Bonchev–Trinajstić information content (AvgIpc) is 3.14. The number of benzene rings is 1. The summed E-state index contributed by atoms with van der Waals surface area (Å²) in [5.41, 5.74) is 0.905. The van der Waals surface area contributed by atoms with E-state index in [4.69, 9.17) is 9.47 Å². The number of methoxy groups -OCH3 is 2. The predicted octanol–water partition coefficient (Wildman–Crippen LogP) is 1.42. The van der Waals surface area contributed by atoms with Crippen LogP contribution in [0.5, 0.6) is 11.5 Å². The van der Waals surface area contributed by atoms with Gasteiger partial charge in [-0.25, -0.2) is 4.79 Å². The van der Waals surface area contributed by atoms with Crippen molar-refractivity contribution in [2.75, 3.05) is 40.4 Å². The van der Waals surface area contributed by atoms with Crippen molar-refractivity contribution in [2.24, 2.45) is 11.8 Å². The average molecular weight is 499 g/mol. The van der Waals surface area contributed by atoms with E-state index in [-0.39, 0.29) is 48.6 Å². The van der Waals surface area contributed by atoms with Crippen LogP contribution in [0.3, 0.4) is 0 Å². The maximum Gasteiger partial charge on any atom is 0.324 e. The van der Waals surface area contributed by atoms with E-state index in [0.29, 0.717) is 44.0 Å². The fraction of sp³-hybridized carbons (Fsp3) is 0.615. The number of hydrogen-bond acceptors (Lipinski definition) is 6. The van der Waals surface area contributed by atoms with Crippen LogP contribution in [0.2, 0.25) is 0 Å². The van der Waals surface area contributed by atoms with Crippen molar-refractivity contribution < 1.29 is 28.7 Å². The van der Waals surface area contributed by atoms with Gasteiger partial charge in [-0.05, 0) is 55.2 Å². The van der Waals surface area contributed by atoms with Crippen LogP contribution in [0.4, 0.5) is 4.79 Å². The van der Waals surface area contributed by atoms with Gasteiger partial charge in [0, 0.05) is 38.6 Å². The molecule has 0 aromatic heterocycles. The fourth-order valence-electron chi connectivity index (χ4n) is 6.32. The van der Waals surface area contributed by atoms with Crippen LogP contribution in [0.25, 0.3) is 0 Å². The second-order valence-corrected chi connectivity index (χ2v) is 10.3. The Morgan fingerprint density at radius 3 is 2.67 bits per heavy atom. The molecule has 0 saturated carbocycles. The topological polar surface area (TPSA) is 108 Å². The van der Waals surface area contributed by atoms with E-state index < -0.39 is 12.1 Å². The van der Waals surface area contributed by atoms with Gasteiger partial charge in [-0.15, -0.1) is 0 Å². The molecule has 0 spiro atoms. The maximum absolute atomic E-state index is 13.2. The number of carbonyl (C=O) groups excluding carboxylic acids is 4. The standard InChI is InChI=1S/C26H34N4O6/c1-35-21-7-6-16(11-22(21)36-2)8-9-29-25(33)19(27-26(29)34)12-24(32)28-13-17-10-18(15-28)20-4-3-5-23(31)30(20)14-17/h6-7,11,17-20H,3-5,8-10,12-15H2,1-2H3,(H,27,34)/t17-,18+,19+,20-/m1/s1. The summed E-state index contributed by atoms with van der Waals surface area (Å²) >= 11 is 0. The minimum Gasteiger partial charge on any atom is -0.493 e. The third-order valence-corrected chi connectivity index (χ3v) is 8.09. The zero-order valence-corrected chi connectivity index (χ0v) is 20.9. The lowest BCUT2D eigenvalue weighted by molar-refractivity contribution is -0.149. The van der Waals surface area contributed by atoms with Gasteiger partial charge < -0.3 is 24.6 Å². The lowest BCUT2D eigenvalue weighted by atomic mass is 9.76. The quantitative estimate of drug-likeness (QED) is 0.570. The number of ether oxygens (including phenoxy) is 2. The minimum atomic E-state index is -0.843. The summed E-state index contributed by atoms with van der Waals surface area (Å²) in [5.74, 6) is 1.53. The molecule has 4 aliphatic heterocycles. The summed E-state index contributed by atoms with van der Waals surface area (Å²) in [4.78, 5) is 56.1. The first-order chi connectivity index (χ1) is 17.4. The number of nitrogens with zero attached hydrogens (tertiary/aromatic N) is 3. The molecule has 0 aliphatic carbocycles. The molecular formula is C26H34N4O6. The third-order valence-electron chi connectivity index (χ3n) is 8.09. The Bertz CT molecular complexity index is 1060. The van der Waals surface area contributed by atoms with Crippen LogP contribution in [-0.2, 0) is 20.8 Å². The summed E-state index contributed by atoms with van der Waals surface area (Å²) < 4.78 is 10.6. The zero-order valence-electron chi connectivity index (χ0n) is 20.9. The van der Waals surface area contributed by atoms with Crippen molar-refractivity contribution in [3.8, 4) is 11.5 Å². The van der Waals surface area contributed by atoms with Crippen LogP contribution in [0.15, 0.2) is 18.2 Å². The number of urea groups is 1. The highest BCUT2D eigenvalue weighted by Crippen LogP contribution is 2.38. The van der Waals surface area contributed by atoms with Crippen LogP contribution in [-0.4, -0.2) is 90.9 Å². The molecule has 4 heterocycles. The number of imide groups is 1. The highest BCUT2D eigenvalue weighted by molar-refractivity contribution is 6.05. The highest BCUT2D eigenvalue weighted by Gasteiger charge is 2.46. The maximum atomic E-state index is 13.2. The van der Waals surface area contributed by atoms with E-state index in [1.54, 1.807) is 20.3 Å². The molecule has 1 N–H and O–H groups in total. The van der Waals surface area contributed by atoms with Crippen molar-refractivity contribution in [3.05, 3.63) is 23.8 Å². The predicted molar refractivity (Wildman–Crippen MR) is 129 cm³/mol. The Hall–Kier alpha value is -3.30. The van der Waals surface area contributed by atoms with Crippen LogP contribution < -0.4 is 14.8 Å². The Labute approximate surface area is 210 Å². The van der Waals surface area contributed by atoms with Crippen LogP contribution >= 0.6 is 0 Å². The van der Waals surface area contributed by atoms with E-state index in [1.165, 1.54) is 4.90 Å². The van der Waals surface area contributed by atoms with Gasteiger partial charge >= 0.3 is 6.03 Å². The number of fused-ring (bicyclic) bond motifs is 4. The number of likely N-dealkylation sites (tertiary alicyclic amines) is 1. The molecule has 0 radical (unpaired) electrons. The molecular weight excluding hydrogens is 464 g/mol. The van der Waals surface area contributed by atoms with E-state index in [9.17, 15) is 19.2 Å². The lowest BCUT2D eigenvalue weighted by Gasteiger charge is -2.52. The molecule has 5 rings (SSSR count). The zero-order chi connectivity index (χ0) is 25.4. The van der Waals surface area contributed by atoms with Crippen molar-refractivity contribution in [1.82, 2.24) is 20.0 Å². The van der Waals surface area contributed by atoms with Crippen LogP contribution in [0.1, 0.15) is 37.7 Å². The summed E-state index contributed by atoms with van der Waals surface area (Å²) in [6.07, 6.45) is 4.01. The summed E-state index contributed by atoms with van der Waals surface area (Å²) in [5, 5.41) is 2.69. The molecule has 4 saturated heterocycles. The van der Waals surface area contributed by atoms with Gasteiger partial charge in [0.25, 0.3) is 5.91 Å². The van der Waals surface area contributed by atoms with Gasteiger partial charge in [0.2, 0.25) is 11.8 Å². The number of nitrogens with one attached hydrogen (secondary N) is 1. The number of carbonyl (C=O) groups is 4. The Kier molecular flexibility index (Phi) is 6.77. The van der Waals surface area contributed by atoms with Gasteiger partial charge in [-0.3, -0.25) is 19.3 Å². The Morgan fingerprint density at radius 1 is 1.08 bits per heavy atom. The number of rotatable bonds is 7. The van der Waals surface area contributed by atoms with Gasteiger partial charge in [-0.2, -0.15) is 0 Å². The Balaban J connectivity index is 1.17. The minimum absolute atomic E-state index is 0.0375. The normalized spacial score (nSPS) is 27.6. The summed E-state index contributed by atoms with van der Waals surface area (Å²) in [6, 6.07) is 4.40. The smallest absolute Gasteiger partial charge is 0.324 e. The van der Waals surface area contributed by atoms with E-state index in [2.05, 4.69) is 5.32 Å². The second kappa shape index (κ2) is 9.99. The first-order valence-corrected chi connectivity index (χ1v) is 12.8. The van der Waals surface area contributed by atoms with Crippen molar-refractivity contribution >= 4 is 23.8 Å². The van der Waals surface area contributed by atoms with Gasteiger partial charge in [0.1, 0.15) is 6.04 Å². The first-order valence-electron chi connectivity index (χ1n) is 12.8. The fourth-order valence-corrected chi connectivity index (χ4v) is 6.32. The second-order valence-electron chi connectivity index (χ2n) is 10.3. The number of amides is 5. The largest absolute Gasteiger partial charge is 0.493 e. The van der Waals surface area contributed by atoms with Crippen molar-refractivity contribution in [3.63, 3.8) is 0 Å². The Morgan fingerprint density at radius 2 is 1.89 bits per heavy atom. The highest BCUT2D eigenvalue weighted by atomic mass is 16.5. The van der Waals surface area contributed by atoms with E-state index in [0.717, 1.165) is 24.8 Å². The third kappa shape index (κ3) is 4.60. The molecule has 194 valence electrons. The molecule has 10 nitrogen and oxygen atoms in total. The molecule has 0 unspecified atom stereocenters. The lowest BCUT2D eigenvalue weighted by Crippen LogP contribution is -2.61. The van der Waals surface area contributed by atoms with Crippen molar-refractivity contribution in [2.45, 2.75) is 50.6 Å². The van der Waals surface area contributed by atoms with Gasteiger partial charge in [0.05, 0.1) is 20.6 Å². The number of hydrogen-bond donors (Lipinski definition) is 1. The molecule has 1 aromatic carbocycles. The van der Waals surface area contributed by atoms with Gasteiger partial charge in [-0.1, -0.05) is 6.07 Å². The van der Waals surface area contributed by atoms with Gasteiger partial charge in [0.15, 0.2) is 11.5 Å². The molecule has 36 heavy (non-hydrogen) atoms. The molecule has 4 fully saturated rings. The van der Waals surface area contributed by atoms with Crippen LogP contribution in [0, 0.1) is 11.8 Å². The number of piperidine rings is 3. The molecule has 2 bridgehead atoms. The first kappa shape index (κ1) is 24.4. The molecule has 1 aromatic rings. The molecule has 5 amide bonds. The summed E-state index contributed by atoms with van der Waals surface area (Å²) in [7, 11) is 3.12. The summed E-state index contributed by atoms with van der Waals surface area (Å²) in [6.45, 7) is 2.14. The molecule has 4 aliphatic rings. The van der Waals surface area contributed by atoms with Crippen molar-refractivity contribution in [1.29, 1.82) is 0 Å². The monoisotopic (exact) mass is 498 g/mol. The molecule has 4 atom stereocenters. The van der Waals surface area contributed by atoms with E-state index in [1.807, 2.05) is 21.9 Å². The van der Waals surface area contributed by atoms with E-state index >= 15 is 0 Å². The molecule has 10 heteroatoms. The SMILES string of the molecule is COc1ccc(CCN2C(=O)N[C@@H](CC(=O)N3C[C@H]4C[C@@H](C3)[C@H]3CCCC(=O)N3C4)C2=O)cc1OC.